The number of aromatic carboxylic acids is 1. The fraction of sp³-hybridized carbons (Fsp3) is 0.600. The molecule has 1 aliphatic heterocycles. The van der Waals surface area contributed by atoms with Crippen LogP contribution in [0.25, 0.3) is 0 Å². The topological polar surface area (TPSA) is 53.4 Å². The second-order valence-electron chi connectivity index (χ2n) is 5.60. The van der Waals surface area contributed by atoms with Gasteiger partial charge in [-0.25, -0.2) is 9.78 Å². The lowest BCUT2D eigenvalue weighted by Crippen LogP contribution is -2.26. The molecule has 0 radical (unpaired) electrons. The Labute approximate surface area is 114 Å². The van der Waals surface area contributed by atoms with Crippen molar-refractivity contribution in [3.63, 3.8) is 0 Å². The molecule has 1 atom stereocenters. The van der Waals surface area contributed by atoms with Crippen molar-refractivity contribution in [2.75, 3.05) is 18.0 Å². The minimum absolute atomic E-state index is 0.172. The fourth-order valence-corrected chi connectivity index (χ4v) is 2.85. The van der Waals surface area contributed by atoms with E-state index in [9.17, 15) is 9.90 Å². The smallest absolute Gasteiger partial charge is 0.356 e. The van der Waals surface area contributed by atoms with Crippen LogP contribution in [0.3, 0.4) is 0 Å². The molecule has 1 aromatic rings. The third kappa shape index (κ3) is 3.25. The second kappa shape index (κ2) is 6.04. The zero-order valence-corrected chi connectivity index (χ0v) is 11.7. The maximum absolute atomic E-state index is 11.2. The number of nitrogens with zero attached hydrogens (tertiary/aromatic N) is 2. The van der Waals surface area contributed by atoms with Gasteiger partial charge in [-0.3, -0.25) is 0 Å². The van der Waals surface area contributed by atoms with Gasteiger partial charge in [0.1, 0.15) is 0 Å². The number of anilines is 1. The van der Waals surface area contributed by atoms with E-state index >= 15 is 0 Å². The van der Waals surface area contributed by atoms with E-state index in [0.29, 0.717) is 5.92 Å². The highest BCUT2D eigenvalue weighted by Gasteiger charge is 2.22. The van der Waals surface area contributed by atoms with Gasteiger partial charge >= 0.3 is 5.97 Å². The van der Waals surface area contributed by atoms with Crippen LogP contribution in [0, 0.1) is 11.8 Å². The Kier molecular flexibility index (Phi) is 4.40. The van der Waals surface area contributed by atoms with Gasteiger partial charge in [0.15, 0.2) is 5.69 Å². The summed E-state index contributed by atoms with van der Waals surface area (Å²) in [7, 11) is 0. The predicted molar refractivity (Wildman–Crippen MR) is 75.6 cm³/mol. The normalized spacial score (nSPS) is 20.4. The van der Waals surface area contributed by atoms with Gasteiger partial charge in [0.2, 0.25) is 0 Å². The van der Waals surface area contributed by atoms with Crippen molar-refractivity contribution in [1.29, 1.82) is 0 Å². The van der Waals surface area contributed by atoms with Gasteiger partial charge in [0.05, 0.1) is 5.69 Å². The number of rotatable bonds is 3. The van der Waals surface area contributed by atoms with E-state index in [-0.39, 0.29) is 5.69 Å². The van der Waals surface area contributed by atoms with Gasteiger partial charge in [-0.1, -0.05) is 13.8 Å². The van der Waals surface area contributed by atoms with E-state index in [1.165, 1.54) is 6.42 Å². The van der Waals surface area contributed by atoms with Crippen molar-refractivity contribution in [2.24, 2.45) is 11.8 Å². The van der Waals surface area contributed by atoms with Gasteiger partial charge in [0.25, 0.3) is 0 Å². The first-order valence-corrected chi connectivity index (χ1v) is 7.03. The van der Waals surface area contributed by atoms with E-state index in [1.54, 1.807) is 6.20 Å². The molecule has 4 nitrogen and oxygen atoms in total. The number of aromatic nitrogens is 1. The van der Waals surface area contributed by atoms with Gasteiger partial charge < -0.3 is 10.0 Å². The average molecular weight is 262 g/mol. The Balaban J connectivity index is 2.16. The molecule has 0 saturated carbocycles. The van der Waals surface area contributed by atoms with Crippen LogP contribution in [0.15, 0.2) is 18.3 Å². The molecule has 1 aliphatic rings. The van der Waals surface area contributed by atoms with Crippen molar-refractivity contribution in [3.05, 3.63) is 24.0 Å². The summed E-state index contributed by atoms with van der Waals surface area (Å²) in [5.41, 5.74) is 0.935. The van der Waals surface area contributed by atoms with Crippen LogP contribution in [-0.4, -0.2) is 29.1 Å². The predicted octanol–water partition coefficient (Wildman–Crippen LogP) is 3.04. The summed E-state index contributed by atoms with van der Waals surface area (Å²) < 4.78 is 0. The summed E-state index contributed by atoms with van der Waals surface area (Å²) in [5.74, 6) is 0.503. The van der Waals surface area contributed by atoms with Crippen molar-refractivity contribution in [3.8, 4) is 0 Å². The van der Waals surface area contributed by atoms with E-state index in [0.717, 1.165) is 37.5 Å². The fourth-order valence-electron chi connectivity index (χ4n) is 2.85. The van der Waals surface area contributed by atoms with Crippen molar-refractivity contribution in [1.82, 2.24) is 4.98 Å². The van der Waals surface area contributed by atoms with E-state index in [1.807, 2.05) is 12.1 Å². The number of hydrogen-bond acceptors (Lipinski definition) is 3. The van der Waals surface area contributed by atoms with Crippen molar-refractivity contribution in [2.45, 2.75) is 33.1 Å². The first kappa shape index (κ1) is 13.8. The summed E-state index contributed by atoms with van der Waals surface area (Å²) in [4.78, 5) is 17.4. The standard InChI is InChI=1S/C15H22N2O2/c1-11(2)12-5-4-9-17(10-7-12)13-6-3-8-16-14(13)15(18)19/h3,6,8,11-12H,4-5,7,9-10H2,1-2H3,(H,18,19). The summed E-state index contributed by atoms with van der Waals surface area (Å²) in [5, 5.41) is 9.22. The molecular formula is C15H22N2O2. The van der Waals surface area contributed by atoms with Gasteiger partial charge in [-0.15, -0.1) is 0 Å². The molecule has 19 heavy (non-hydrogen) atoms. The van der Waals surface area contributed by atoms with Gasteiger partial charge in [0, 0.05) is 19.3 Å². The number of carbonyl (C=O) groups is 1. The lowest BCUT2D eigenvalue weighted by Gasteiger charge is -2.24. The van der Waals surface area contributed by atoms with Gasteiger partial charge in [-0.2, -0.15) is 0 Å². The number of pyridine rings is 1. The zero-order valence-electron chi connectivity index (χ0n) is 11.7. The molecule has 2 heterocycles. The van der Waals surface area contributed by atoms with E-state index < -0.39 is 5.97 Å². The summed E-state index contributed by atoms with van der Waals surface area (Å²) in [6.45, 7) is 6.39. The molecule has 0 aliphatic carbocycles. The van der Waals surface area contributed by atoms with Crippen LogP contribution >= 0.6 is 0 Å². The van der Waals surface area contributed by atoms with Crippen molar-refractivity contribution < 1.29 is 9.90 Å². The third-order valence-corrected chi connectivity index (χ3v) is 4.05. The SMILES string of the molecule is CC(C)C1CCCN(c2cccnc2C(=O)O)CC1. The van der Waals surface area contributed by atoms with E-state index in [2.05, 4.69) is 23.7 Å². The lowest BCUT2D eigenvalue weighted by atomic mass is 9.89. The van der Waals surface area contributed by atoms with Gasteiger partial charge in [-0.05, 0) is 43.2 Å². The van der Waals surface area contributed by atoms with E-state index in [4.69, 9.17) is 0 Å². The van der Waals surface area contributed by atoms with Crippen LogP contribution < -0.4 is 4.90 Å². The largest absolute Gasteiger partial charge is 0.476 e. The quantitative estimate of drug-likeness (QED) is 0.909. The number of carboxylic acid groups (broad SMARTS) is 1. The minimum atomic E-state index is -0.944. The Morgan fingerprint density at radius 2 is 2.21 bits per heavy atom. The number of carboxylic acids is 1. The minimum Gasteiger partial charge on any atom is -0.476 e. The molecule has 1 aromatic heterocycles. The lowest BCUT2D eigenvalue weighted by molar-refractivity contribution is 0.0691. The second-order valence-corrected chi connectivity index (χ2v) is 5.60. The van der Waals surface area contributed by atoms with Crippen LogP contribution in [-0.2, 0) is 0 Å². The molecule has 0 bridgehead atoms. The number of hydrogen-bond donors (Lipinski definition) is 1. The van der Waals surface area contributed by atoms with Crippen LogP contribution in [0.1, 0.15) is 43.6 Å². The third-order valence-electron chi connectivity index (χ3n) is 4.05. The maximum Gasteiger partial charge on any atom is 0.356 e. The molecular weight excluding hydrogens is 240 g/mol. The Morgan fingerprint density at radius 1 is 1.42 bits per heavy atom. The molecule has 1 unspecified atom stereocenters. The molecule has 1 N–H and O–H groups in total. The Morgan fingerprint density at radius 3 is 2.89 bits per heavy atom. The highest BCUT2D eigenvalue weighted by Crippen LogP contribution is 2.28. The zero-order chi connectivity index (χ0) is 13.8. The molecule has 2 rings (SSSR count). The highest BCUT2D eigenvalue weighted by atomic mass is 16.4. The van der Waals surface area contributed by atoms with Crippen LogP contribution in [0.4, 0.5) is 5.69 Å². The maximum atomic E-state index is 11.2. The first-order chi connectivity index (χ1) is 9.09. The Hall–Kier alpha value is -1.58. The summed E-state index contributed by atoms with van der Waals surface area (Å²) in [6, 6.07) is 3.68. The summed E-state index contributed by atoms with van der Waals surface area (Å²) >= 11 is 0. The molecule has 0 amide bonds. The van der Waals surface area contributed by atoms with Crippen LogP contribution in [0.5, 0.6) is 0 Å². The molecule has 4 heteroatoms. The average Bonchev–Trinajstić information content (AvgIpc) is 2.64. The molecule has 0 aromatic carbocycles. The summed E-state index contributed by atoms with van der Waals surface area (Å²) in [6.07, 6.45) is 5.03. The van der Waals surface area contributed by atoms with Crippen molar-refractivity contribution >= 4 is 11.7 Å². The van der Waals surface area contributed by atoms with Crippen LogP contribution in [0.2, 0.25) is 0 Å². The Bertz CT molecular complexity index is 446. The molecule has 0 spiro atoms. The first-order valence-electron chi connectivity index (χ1n) is 7.03. The highest BCUT2D eigenvalue weighted by molar-refractivity contribution is 5.92. The monoisotopic (exact) mass is 262 g/mol. The molecule has 104 valence electrons. The molecule has 1 fully saturated rings. The molecule has 1 saturated heterocycles.